The summed E-state index contributed by atoms with van der Waals surface area (Å²) in [7, 11) is 0. The van der Waals surface area contributed by atoms with E-state index < -0.39 is 0 Å². The SMILES string of the molecule is Cc1ccc(C2=NN[C@@H](c3c(O)ccc4ccccc34)S2)cc1. The van der Waals surface area contributed by atoms with Crippen molar-refractivity contribution in [1.29, 1.82) is 0 Å². The molecule has 2 N–H and O–H groups in total. The summed E-state index contributed by atoms with van der Waals surface area (Å²) in [5.74, 6) is 0.300. The lowest BCUT2D eigenvalue weighted by Gasteiger charge is -2.14. The van der Waals surface area contributed by atoms with E-state index in [1.54, 1.807) is 17.8 Å². The molecule has 0 aliphatic carbocycles. The first-order valence-corrected chi connectivity index (χ1v) is 8.38. The van der Waals surface area contributed by atoms with Crippen molar-refractivity contribution in [3.63, 3.8) is 0 Å². The van der Waals surface area contributed by atoms with Gasteiger partial charge in [0.05, 0.1) is 0 Å². The first-order chi connectivity index (χ1) is 11.2. The van der Waals surface area contributed by atoms with E-state index in [0.29, 0.717) is 5.75 Å². The molecule has 1 aliphatic heterocycles. The number of benzene rings is 3. The van der Waals surface area contributed by atoms with E-state index >= 15 is 0 Å². The van der Waals surface area contributed by atoms with Gasteiger partial charge in [0.1, 0.15) is 16.2 Å². The molecule has 114 valence electrons. The molecule has 0 spiro atoms. The van der Waals surface area contributed by atoms with Crippen molar-refractivity contribution in [1.82, 2.24) is 5.43 Å². The van der Waals surface area contributed by atoms with Gasteiger partial charge in [-0.05, 0) is 23.8 Å². The quantitative estimate of drug-likeness (QED) is 0.728. The van der Waals surface area contributed by atoms with Crippen LogP contribution in [0.2, 0.25) is 0 Å². The molecule has 3 nitrogen and oxygen atoms in total. The summed E-state index contributed by atoms with van der Waals surface area (Å²) in [6.07, 6.45) is 0. The Labute approximate surface area is 139 Å². The van der Waals surface area contributed by atoms with Crippen molar-refractivity contribution in [2.45, 2.75) is 12.3 Å². The van der Waals surface area contributed by atoms with Crippen LogP contribution in [0, 0.1) is 6.92 Å². The van der Waals surface area contributed by atoms with Gasteiger partial charge < -0.3 is 5.11 Å². The molecular formula is C19H16N2OS. The second kappa shape index (κ2) is 5.63. The molecule has 0 radical (unpaired) electrons. The van der Waals surface area contributed by atoms with Crippen molar-refractivity contribution < 1.29 is 5.11 Å². The van der Waals surface area contributed by atoms with Crippen LogP contribution in [0.3, 0.4) is 0 Å². The molecule has 0 saturated heterocycles. The summed E-state index contributed by atoms with van der Waals surface area (Å²) < 4.78 is 0. The van der Waals surface area contributed by atoms with Crippen molar-refractivity contribution in [2.75, 3.05) is 0 Å². The van der Waals surface area contributed by atoms with Crippen molar-refractivity contribution >= 4 is 27.6 Å². The maximum Gasteiger partial charge on any atom is 0.126 e. The van der Waals surface area contributed by atoms with Gasteiger partial charge in [-0.3, -0.25) is 5.43 Å². The zero-order chi connectivity index (χ0) is 15.8. The molecule has 0 aromatic heterocycles. The van der Waals surface area contributed by atoms with Crippen LogP contribution in [0.25, 0.3) is 10.8 Å². The molecule has 3 aromatic carbocycles. The number of fused-ring (bicyclic) bond motifs is 1. The Bertz CT molecular complexity index is 903. The maximum atomic E-state index is 10.4. The molecule has 0 fully saturated rings. The Kier molecular flexibility index (Phi) is 3.46. The van der Waals surface area contributed by atoms with Gasteiger partial charge in [0.2, 0.25) is 0 Å². The highest BCUT2D eigenvalue weighted by atomic mass is 32.2. The monoisotopic (exact) mass is 320 g/mol. The molecular weight excluding hydrogens is 304 g/mol. The third kappa shape index (κ3) is 2.55. The van der Waals surface area contributed by atoms with Crippen LogP contribution in [0.5, 0.6) is 5.75 Å². The predicted molar refractivity (Wildman–Crippen MR) is 96.8 cm³/mol. The van der Waals surface area contributed by atoms with E-state index in [4.69, 9.17) is 0 Å². The molecule has 1 atom stereocenters. The average molecular weight is 320 g/mol. The number of nitrogens with zero attached hydrogens (tertiary/aromatic N) is 1. The Morgan fingerprint density at radius 2 is 1.78 bits per heavy atom. The number of aromatic hydroxyl groups is 1. The summed E-state index contributed by atoms with van der Waals surface area (Å²) in [4.78, 5) is 0. The molecule has 0 saturated carbocycles. The minimum atomic E-state index is -0.0857. The normalized spacial score (nSPS) is 17.1. The number of thioether (sulfide) groups is 1. The number of aryl methyl sites for hydroxylation is 1. The van der Waals surface area contributed by atoms with Gasteiger partial charge in [0.15, 0.2) is 0 Å². The number of hydrogen-bond donors (Lipinski definition) is 2. The van der Waals surface area contributed by atoms with Crippen molar-refractivity contribution in [3.8, 4) is 5.75 Å². The fraction of sp³-hybridized carbons (Fsp3) is 0.105. The van der Waals surface area contributed by atoms with E-state index in [2.05, 4.69) is 47.8 Å². The van der Waals surface area contributed by atoms with E-state index in [9.17, 15) is 5.11 Å². The molecule has 0 bridgehead atoms. The zero-order valence-corrected chi connectivity index (χ0v) is 13.5. The van der Waals surface area contributed by atoms with Crippen LogP contribution in [0.1, 0.15) is 22.1 Å². The summed E-state index contributed by atoms with van der Waals surface area (Å²) >= 11 is 1.63. The molecule has 1 heterocycles. The zero-order valence-electron chi connectivity index (χ0n) is 12.7. The Morgan fingerprint density at radius 3 is 2.61 bits per heavy atom. The molecule has 4 rings (SSSR count). The highest BCUT2D eigenvalue weighted by Crippen LogP contribution is 2.41. The second-order valence-electron chi connectivity index (χ2n) is 5.63. The smallest absolute Gasteiger partial charge is 0.126 e. The highest BCUT2D eigenvalue weighted by Gasteiger charge is 2.26. The number of hydrazone groups is 1. The summed E-state index contributed by atoms with van der Waals surface area (Å²) in [5.41, 5.74) is 6.37. The van der Waals surface area contributed by atoms with Crippen LogP contribution < -0.4 is 5.43 Å². The Hall–Kier alpha value is -2.46. The van der Waals surface area contributed by atoms with Crippen LogP contribution in [-0.2, 0) is 0 Å². The van der Waals surface area contributed by atoms with E-state index in [-0.39, 0.29) is 5.37 Å². The number of rotatable bonds is 2. The second-order valence-corrected chi connectivity index (χ2v) is 6.72. The standard InChI is InChI=1S/C19H16N2OS/c1-12-6-8-14(9-7-12)18-20-21-19(23-18)17-15-5-3-2-4-13(15)10-11-16(17)22/h2-11,19,21-22H,1H3/t19-/m1/s1. The summed E-state index contributed by atoms with van der Waals surface area (Å²) in [5, 5.41) is 17.8. The number of phenolic OH excluding ortho intramolecular Hbond substituents is 1. The van der Waals surface area contributed by atoms with Gasteiger partial charge in [0, 0.05) is 11.1 Å². The van der Waals surface area contributed by atoms with Gasteiger partial charge in [-0.15, -0.1) is 0 Å². The molecule has 23 heavy (non-hydrogen) atoms. The summed E-state index contributed by atoms with van der Waals surface area (Å²) in [6.45, 7) is 2.07. The topological polar surface area (TPSA) is 44.6 Å². The lowest BCUT2D eigenvalue weighted by molar-refractivity contribution is 0.466. The Balaban J connectivity index is 1.69. The maximum absolute atomic E-state index is 10.4. The van der Waals surface area contributed by atoms with E-state index in [0.717, 1.165) is 26.9 Å². The van der Waals surface area contributed by atoms with Gasteiger partial charge in [-0.2, -0.15) is 5.10 Å². The highest BCUT2D eigenvalue weighted by molar-refractivity contribution is 8.14. The first-order valence-electron chi connectivity index (χ1n) is 7.50. The number of phenols is 1. The third-order valence-corrected chi connectivity index (χ3v) is 5.15. The van der Waals surface area contributed by atoms with E-state index in [1.807, 2.05) is 24.3 Å². The lowest BCUT2D eigenvalue weighted by Crippen LogP contribution is -2.07. The number of hydrogen-bond acceptors (Lipinski definition) is 4. The van der Waals surface area contributed by atoms with E-state index in [1.165, 1.54) is 5.56 Å². The van der Waals surface area contributed by atoms with Crippen LogP contribution >= 0.6 is 11.8 Å². The minimum absolute atomic E-state index is 0.0857. The van der Waals surface area contributed by atoms with Gasteiger partial charge in [-0.25, -0.2) is 0 Å². The minimum Gasteiger partial charge on any atom is -0.508 e. The van der Waals surface area contributed by atoms with Gasteiger partial charge >= 0.3 is 0 Å². The van der Waals surface area contributed by atoms with Crippen LogP contribution in [0.15, 0.2) is 65.8 Å². The number of nitrogens with one attached hydrogen (secondary N) is 1. The summed E-state index contributed by atoms with van der Waals surface area (Å²) in [6, 6.07) is 20.1. The van der Waals surface area contributed by atoms with Crippen molar-refractivity contribution in [3.05, 3.63) is 77.4 Å². The lowest BCUT2D eigenvalue weighted by atomic mass is 10.0. The average Bonchev–Trinajstić information content (AvgIpc) is 3.05. The van der Waals surface area contributed by atoms with Crippen LogP contribution in [-0.4, -0.2) is 10.2 Å². The largest absolute Gasteiger partial charge is 0.508 e. The Morgan fingerprint density at radius 1 is 1.00 bits per heavy atom. The molecule has 0 amide bonds. The fourth-order valence-electron chi connectivity index (χ4n) is 2.79. The third-order valence-electron chi connectivity index (χ3n) is 4.02. The first kappa shape index (κ1) is 14.2. The fourth-order valence-corrected chi connectivity index (χ4v) is 3.87. The van der Waals surface area contributed by atoms with Gasteiger partial charge in [0.25, 0.3) is 0 Å². The molecule has 0 unspecified atom stereocenters. The van der Waals surface area contributed by atoms with Gasteiger partial charge in [-0.1, -0.05) is 71.9 Å². The molecule has 1 aliphatic rings. The van der Waals surface area contributed by atoms with Crippen molar-refractivity contribution in [2.24, 2.45) is 5.10 Å². The molecule has 4 heteroatoms. The predicted octanol–water partition coefficient (Wildman–Crippen LogP) is 4.55. The molecule has 3 aromatic rings. The van der Waals surface area contributed by atoms with Crippen LogP contribution in [0.4, 0.5) is 0 Å².